The van der Waals surface area contributed by atoms with E-state index in [4.69, 9.17) is 16.6 Å². The number of nitrogens with zero attached hydrogens (tertiary/aromatic N) is 4. The van der Waals surface area contributed by atoms with Crippen LogP contribution >= 0.6 is 22.9 Å². The van der Waals surface area contributed by atoms with Gasteiger partial charge >= 0.3 is 0 Å². The molecule has 198 valence electrons. The third kappa shape index (κ3) is 5.47. The van der Waals surface area contributed by atoms with Gasteiger partial charge in [-0.15, -0.1) is 0 Å². The molecule has 0 unspecified atom stereocenters. The first-order valence-corrected chi connectivity index (χ1v) is 15.2. The second-order valence-corrected chi connectivity index (χ2v) is 13.1. The minimum absolute atomic E-state index is 0.0157. The molecule has 10 heteroatoms. The topological polar surface area (TPSA) is 83.5 Å². The smallest absolute Gasteiger partial charge is 0.260 e. The van der Waals surface area contributed by atoms with Crippen LogP contribution in [0.3, 0.4) is 0 Å². The maximum absolute atomic E-state index is 13.8. The molecule has 0 saturated heterocycles. The number of anilines is 1. The predicted octanol–water partition coefficient (Wildman–Crippen LogP) is 6.45. The minimum atomic E-state index is -3.65. The number of pyridine rings is 1. The summed E-state index contributed by atoms with van der Waals surface area (Å²) in [4.78, 5) is 24.5. The molecule has 7 nitrogen and oxygen atoms in total. The number of halogens is 1. The number of aryl methyl sites for hydroxylation is 1. The molecule has 5 rings (SSSR count). The van der Waals surface area contributed by atoms with Crippen molar-refractivity contribution in [1.82, 2.24) is 14.3 Å². The standard InChI is InChI=1S/C28H29ClN4O3S2/c1-19-16-22(29)17-25-26(19)31-28(37-25)33(18-20-12-14-30-15-13-20)27(34)21-8-10-24(11-9-21)38(35,36)32(2)23-6-4-3-5-7-23/h8-17,23H,3-7,18H2,1-2H3. The van der Waals surface area contributed by atoms with Crippen molar-refractivity contribution in [2.24, 2.45) is 0 Å². The zero-order valence-corrected chi connectivity index (χ0v) is 23.7. The number of carbonyl (C=O) groups excluding carboxylic acids is 1. The molecule has 4 aromatic rings. The van der Waals surface area contributed by atoms with Crippen LogP contribution in [0, 0.1) is 6.92 Å². The molecule has 0 radical (unpaired) electrons. The quantitative estimate of drug-likeness (QED) is 0.256. The van der Waals surface area contributed by atoms with Crippen molar-refractivity contribution in [1.29, 1.82) is 0 Å². The van der Waals surface area contributed by atoms with E-state index in [-0.39, 0.29) is 16.8 Å². The molecule has 1 aliphatic rings. The van der Waals surface area contributed by atoms with E-state index in [0.29, 0.717) is 22.3 Å². The van der Waals surface area contributed by atoms with Crippen LogP contribution in [0.25, 0.3) is 10.2 Å². The van der Waals surface area contributed by atoms with Crippen molar-refractivity contribution in [3.8, 4) is 0 Å². The van der Waals surface area contributed by atoms with E-state index in [1.165, 1.54) is 27.8 Å². The lowest BCUT2D eigenvalue weighted by Gasteiger charge is -2.30. The van der Waals surface area contributed by atoms with Crippen LogP contribution in [0.15, 0.2) is 65.8 Å². The second-order valence-electron chi connectivity index (χ2n) is 9.65. The van der Waals surface area contributed by atoms with Crippen LogP contribution in [-0.4, -0.2) is 41.7 Å². The third-order valence-corrected chi connectivity index (χ3v) is 10.2. The highest BCUT2D eigenvalue weighted by atomic mass is 35.5. The van der Waals surface area contributed by atoms with Crippen molar-refractivity contribution in [3.05, 3.63) is 82.6 Å². The Bertz CT molecular complexity index is 1550. The summed E-state index contributed by atoms with van der Waals surface area (Å²) < 4.78 is 28.9. The lowest BCUT2D eigenvalue weighted by molar-refractivity contribution is 0.0985. The minimum Gasteiger partial charge on any atom is -0.279 e. The van der Waals surface area contributed by atoms with Gasteiger partial charge in [-0.25, -0.2) is 13.4 Å². The molecule has 1 aliphatic carbocycles. The SMILES string of the molecule is Cc1cc(Cl)cc2sc(N(Cc3ccncc3)C(=O)c3ccc(S(=O)(=O)N(C)C4CCCCC4)cc3)nc12. The van der Waals surface area contributed by atoms with Crippen molar-refractivity contribution in [2.45, 2.75) is 56.5 Å². The number of fused-ring (bicyclic) bond motifs is 1. The Morgan fingerprint density at radius 1 is 1.05 bits per heavy atom. The van der Waals surface area contributed by atoms with E-state index in [9.17, 15) is 13.2 Å². The molecule has 0 spiro atoms. The summed E-state index contributed by atoms with van der Waals surface area (Å²) in [5, 5.41) is 1.16. The van der Waals surface area contributed by atoms with E-state index in [1.54, 1.807) is 36.5 Å². The van der Waals surface area contributed by atoms with Gasteiger partial charge in [0.2, 0.25) is 10.0 Å². The normalized spacial score (nSPS) is 14.7. The summed E-state index contributed by atoms with van der Waals surface area (Å²) in [6.07, 6.45) is 8.36. The van der Waals surface area contributed by atoms with E-state index in [0.717, 1.165) is 53.4 Å². The zero-order chi connectivity index (χ0) is 26.9. The number of hydrogen-bond acceptors (Lipinski definition) is 6. The number of carbonyl (C=O) groups is 1. The van der Waals surface area contributed by atoms with Crippen molar-refractivity contribution in [3.63, 3.8) is 0 Å². The molecule has 38 heavy (non-hydrogen) atoms. The number of rotatable bonds is 7. The van der Waals surface area contributed by atoms with Crippen LogP contribution in [0.5, 0.6) is 0 Å². The molecule has 2 aromatic heterocycles. The van der Waals surface area contributed by atoms with Crippen molar-refractivity contribution in [2.75, 3.05) is 11.9 Å². The molecule has 2 aromatic carbocycles. The number of benzene rings is 2. The molecule has 0 N–H and O–H groups in total. The highest BCUT2D eigenvalue weighted by Gasteiger charge is 2.29. The summed E-state index contributed by atoms with van der Waals surface area (Å²) in [5.41, 5.74) is 3.01. The zero-order valence-electron chi connectivity index (χ0n) is 21.3. The highest BCUT2D eigenvalue weighted by Crippen LogP contribution is 2.34. The molecule has 0 atom stereocenters. The highest BCUT2D eigenvalue weighted by molar-refractivity contribution is 7.89. The fourth-order valence-corrected chi connectivity index (χ4v) is 7.72. The fourth-order valence-electron chi connectivity index (χ4n) is 4.89. The molecule has 1 fully saturated rings. The number of hydrogen-bond donors (Lipinski definition) is 0. The average molecular weight is 569 g/mol. The van der Waals surface area contributed by atoms with Crippen molar-refractivity contribution < 1.29 is 13.2 Å². The third-order valence-electron chi connectivity index (χ3n) is 7.07. The van der Waals surface area contributed by atoms with Crippen LogP contribution in [0.4, 0.5) is 5.13 Å². The van der Waals surface area contributed by atoms with Crippen LogP contribution in [0.2, 0.25) is 5.02 Å². The van der Waals surface area contributed by atoms with Gasteiger partial charge in [-0.05, 0) is 79.4 Å². The molecule has 1 amide bonds. The number of thiazole rings is 1. The Balaban J connectivity index is 1.46. The lowest BCUT2D eigenvalue weighted by atomic mass is 9.96. The average Bonchev–Trinajstić information content (AvgIpc) is 3.36. The van der Waals surface area contributed by atoms with Gasteiger partial charge in [0.25, 0.3) is 5.91 Å². The molecule has 1 saturated carbocycles. The maximum Gasteiger partial charge on any atom is 0.260 e. The van der Waals surface area contributed by atoms with Gasteiger partial charge < -0.3 is 0 Å². The van der Waals surface area contributed by atoms with Crippen molar-refractivity contribution >= 4 is 54.2 Å². The van der Waals surface area contributed by atoms with Crippen LogP contribution in [0.1, 0.15) is 53.6 Å². The largest absolute Gasteiger partial charge is 0.279 e. The lowest BCUT2D eigenvalue weighted by Crippen LogP contribution is -2.38. The Labute approximate surface area is 232 Å². The maximum atomic E-state index is 13.8. The van der Waals surface area contributed by atoms with Crippen LogP contribution in [-0.2, 0) is 16.6 Å². The van der Waals surface area contributed by atoms with E-state index in [2.05, 4.69) is 4.98 Å². The Hall–Kier alpha value is -2.85. The van der Waals surface area contributed by atoms with Gasteiger partial charge in [0.1, 0.15) is 0 Å². The van der Waals surface area contributed by atoms with Gasteiger partial charge in [0, 0.05) is 36.1 Å². The Morgan fingerprint density at radius 2 is 1.74 bits per heavy atom. The first-order valence-electron chi connectivity index (χ1n) is 12.6. The van der Waals surface area contributed by atoms with Crippen LogP contribution < -0.4 is 4.90 Å². The number of sulfonamides is 1. The molecular formula is C28H29ClN4O3S2. The van der Waals surface area contributed by atoms with Gasteiger partial charge in [0.05, 0.1) is 21.7 Å². The first-order chi connectivity index (χ1) is 18.2. The van der Waals surface area contributed by atoms with Gasteiger partial charge in [0.15, 0.2) is 5.13 Å². The molecule has 0 aliphatic heterocycles. The van der Waals surface area contributed by atoms with E-state index < -0.39 is 10.0 Å². The monoisotopic (exact) mass is 568 g/mol. The van der Waals surface area contributed by atoms with E-state index in [1.807, 2.05) is 31.2 Å². The summed E-state index contributed by atoms with van der Waals surface area (Å²) in [6, 6.07) is 13.6. The molecule has 2 heterocycles. The second kappa shape index (κ2) is 11.1. The molecular weight excluding hydrogens is 540 g/mol. The van der Waals surface area contributed by atoms with Gasteiger partial charge in [-0.3, -0.25) is 14.7 Å². The first kappa shape index (κ1) is 26.7. The number of amides is 1. The Kier molecular flexibility index (Phi) is 7.81. The Morgan fingerprint density at radius 3 is 2.42 bits per heavy atom. The summed E-state index contributed by atoms with van der Waals surface area (Å²) in [5.74, 6) is -0.269. The fraction of sp³-hybridized carbons (Fsp3) is 0.321. The van der Waals surface area contributed by atoms with E-state index >= 15 is 0 Å². The number of aromatic nitrogens is 2. The predicted molar refractivity (Wildman–Crippen MR) is 152 cm³/mol. The summed E-state index contributed by atoms with van der Waals surface area (Å²) in [6.45, 7) is 2.23. The van der Waals surface area contributed by atoms with Gasteiger partial charge in [-0.1, -0.05) is 42.2 Å². The summed E-state index contributed by atoms with van der Waals surface area (Å²) >= 11 is 7.66. The van der Waals surface area contributed by atoms with Gasteiger partial charge in [-0.2, -0.15) is 4.31 Å². The molecule has 0 bridgehead atoms. The summed E-state index contributed by atoms with van der Waals surface area (Å²) in [7, 11) is -1.99.